The molecule has 0 spiro atoms. The van der Waals surface area contributed by atoms with Crippen molar-refractivity contribution >= 4 is 33.2 Å². The van der Waals surface area contributed by atoms with Crippen LogP contribution in [0.25, 0.3) is 32.9 Å². The van der Waals surface area contributed by atoms with E-state index in [1.54, 1.807) is 4.90 Å². The van der Waals surface area contributed by atoms with E-state index in [1.807, 2.05) is 0 Å². The van der Waals surface area contributed by atoms with Crippen LogP contribution in [0.5, 0.6) is 6.01 Å². The van der Waals surface area contributed by atoms with Gasteiger partial charge in [-0.15, -0.1) is 6.42 Å². The number of benzene rings is 2. The summed E-state index contributed by atoms with van der Waals surface area (Å²) >= 11 is 0. The van der Waals surface area contributed by atoms with Crippen LogP contribution in [0.4, 0.5) is 29.1 Å². The summed E-state index contributed by atoms with van der Waals surface area (Å²) in [7, 11) is 0. The molecule has 226 valence electrons. The van der Waals surface area contributed by atoms with Gasteiger partial charge < -0.3 is 15.4 Å². The SMILES string of the molecule is [2H]C([2H])(Oc1nc(N2CCC[C@@H]3C[C@@H]32)c2cnc(-c3cc(N)cc4cc(F)c(F)c(C#C)c34)c(F)c2n1)[C@@]12CCCN1C[C@H](F)C2. The third kappa shape index (κ3) is 4.18. The Balaban J connectivity index is 1.32. The topological polar surface area (TPSA) is 80.4 Å². The summed E-state index contributed by atoms with van der Waals surface area (Å²) in [6.45, 7) is -1.07. The van der Waals surface area contributed by atoms with Crippen LogP contribution in [0.2, 0.25) is 0 Å². The van der Waals surface area contributed by atoms with Crippen molar-refractivity contribution in [3.05, 3.63) is 47.4 Å². The molecule has 44 heavy (non-hydrogen) atoms. The fourth-order valence-electron chi connectivity index (χ4n) is 7.58. The van der Waals surface area contributed by atoms with Gasteiger partial charge in [-0.05, 0) is 68.2 Å². The predicted molar refractivity (Wildman–Crippen MR) is 160 cm³/mol. The number of rotatable bonds is 5. The molecule has 4 aliphatic rings. The summed E-state index contributed by atoms with van der Waals surface area (Å²) in [6, 6.07) is 3.55. The number of terminal acetylenes is 1. The van der Waals surface area contributed by atoms with E-state index in [0.29, 0.717) is 37.7 Å². The molecule has 1 saturated carbocycles. The van der Waals surface area contributed by atoms with E-state index >= 15 is 4.39 Å². The highest BCUT2D eigenvalue weighted by atomic mass is 19.2. The fourth-order valence-corrected chi connectivity index (χ4v) is 7.58. The molecule has 4 atom stereocenters. The molecule has 11 heteroatoms. The first kappa shape index (κ1) is 25.2. The van der Waals surface area contributed by atoms with Crippen LogP contribution in [-0.4, -0.2) is 63.8 Å². The maximum Gasteiger partial charge on any atom is 0.319 e. The molecule has 2 N–H and O–H groups in total. The second-order valence-electron chi connectivity index (χ2n) is 12.4. The Kier molecular flexibility index (Phi) is 5.68. The molecule has 0 amide bonds. The van der Waals surface area contributed by atoms with E-state index in [2.05, 4.69) is 25.8 Å². The number of halogens is 4. The number of alkyl halides is 1. The number of fused-ring (bicyclic) bond motifs is 4. The quantitative estimate of drug-likeness (QED) is 0.176. The zero-order valence-electron chi connectivity index (χ0n) is 25.7. The van der Waals surface area contributed by atoms with Gasteiger partial charge in [0.15, 0.2) is 17.5 Å². The lowest BCUT2D eigenvalue weighted by molar-refractivity contribution is 0.107. The van der Waals surface area contributed by atoms with Crippen LogP contribution in [0.3, 0.4) is 0 Å². The molecular weight excluding hydrogens is 572 g/mol. The maximum atomic E-state index is 16.8. The molecule has 5 heterocycles. The molecule has 7 nitrogen and oxygen atoms in total. The average Bonchev–Trinajstić information content (AvgIpc) is 3.59. The minimum atomic E-state index is -2.39. The van der Waals surface area contributed by atoms with Crippen molar-refractivity contribution in [2.24, 2.45) is 5.92 Å². The Morgan fingerprint density at radius 1 is 1.16 bits per heavy atom. The molecule has 3 saturated heterocycles. The number of aromatic nitrogens is 3. The van der Waals surface area contributed by atoms with E-state index in [4.69, 9.17) is 19.6 Å². The number of hydrogen-bond acceptors (Lipinski definition) is 7. The predicted octanol–water partition coefficient (Wildman–Crippen LogP) is 5.77. The first-order valence-corrected chi connectivity index (χ1v) is 14.9. The summed E-state index contributed by atoms with van der Waals surface area (Å²) in [6.07, 6.45) is 9.80. The number of nitrogens with zero attached hydrogens (tertiary/aromatic N) is 5. The summed E-state index contributed by atoms with van der Waals surface area (Å²) in [5.41, 5.74) is 4.24. The lowest BCUT2D eigenvalue weighted by atomic mass is 9.95. The lowest BCUT2D eigenvalue weighted by Gasteiger charge is -2.31. The Hall–Kier alpha value is -4.17. The Morgan fingerprint density at radius 3 is 2.86 bits per heavy atom. The molecule has 2 aromatic heterocycles. The molecule has 4 fully saturated rings. The van der Waals surface area contributed by atoms with E-state index in [9.17, 15) is 13.2 Å². The molecule has 1 aliphatic carbocycles. The van der Waals surface area contributed by atoms with Crippen LogP contribution in [0.15, 0.2) is 24.4 Å². The molecule has 4 aromatic rings. The van der Waals surface area contributed by atoms with E-state index in [1.165, 1.54) is 18.3 Å². The maximum absolute atomic E-state index is 16.8. The summed E-state index contributed by atoms with van der Waals surface area (Å²) in [5.74, 6) is -0.311. The number of anilines is 2. The summed E-state index contributed by atoms with van der Waals surface area (Å²) in [4.78, 5) is 17.3. The number of ether oxygens (including phenoxy) is 1. The van der Waals surface area contributed by atoms with E-state index in [-0.39, 0.29) is 63.6 Å². The van der Waals surface area contributed by atoms with Crippen molar-refractivity contribution in [3.8, 4) is 29.6 Å². The minimum absolute atomic E-state index is 0.0318. The number of nitrogen functional groups attached to an aromatic ring is 1. The Labute approximate surface area is 254 Å². The van der Waals surface area contributed by atoms with Crippen molar-refractivity contribution < 1.29 is 25.0 Å². The number of pyridine rings is 1. The molecule has 0 unspecified atom stereocenters. The molecule has 0 radical (unpaired) electrons. The zero-order valence-corrected chi connectivity index (χ0v) is 23.7. The van der Waals surface area contributed by atoms with Gasteiger partial charge in [0, 0.05) is 48.4 Å². The molecule has 0 bridgehead atoms. The van der Waals surface area contributed by atoms with Gasteiger partial charge in [-0.3, -0.25) is 9.88 Å². The number of hydrogen-bond donors (Lipinski definition) is 1. The van der Waals surface area contributed by atoms with Crippen molar-refractivity contribution in [1.82, 2.24) is 19.9 Å². The highest BCUT2D eigenvalue weighted by molar-refractivity contribution is 6.03. The third-order valence-corrected chi connectivity index (χ3v) is 9.66. The minimum Gasteiger partial charge on any atom is -0.461 e. The third-order valence-electron chi connectivity index (χ3n) is 9.66. The zero-order chi connectivity index (χ0) is 32.1. The van der Waals surface area contributed by atoms with Crippen molar-refractivity contribution in [2.75, 3.05) is 36.8 Å². The van der Waals surface area contributed by atoms with Crippen molar-refractivity contribution in [3.63, 3.8) is 0 Å². The van der Waals surface area contributed by atoms with Crippen LogP contribution in [0.1, 0.15) is 46.8 Å². The van der Waals surface area contributed by atoms with Crippen molar-refractivity contribution in [1.29, 1.82) is 0 Å². The number of piperidine rings is 1. The van der Waals surface area contributed by atoms with E-state index in [0.717, 1.165) is 25.3 Å². The molecular formula is C33H30F4N6O. The first-order valence-electron chi connectivity index (χ1n) is 15.9. The smallest absolute Gasteiger partial charge is 0.319 e. The second kappa shape index (κ2) is 9.92. The summed E-state index contributed by atoms with van der Waals surface area (Å²) in [5, 5.41) is 0.511. The van der Waals surface area contributed by atoms with Crippen LogP contribution in [-0.2, 0) is 0 Å². The van der Waals surface area contributed by atoms with E-state index < -0.39 is 41.3 Å². The Morgan fingerprint density at radius 2 is 2.02 bits per heavy atom. The van der Waals surface area contributed by atoms with Gasteiger partial charge in [-0.1, -0.05) is 5.92 Å². The van der Waals surface area contributed by atoms with Crippen LogP contribution >= 0.6 is 0 Å². The van der Waals surface area contributed by atoms with Gasteiger partial charge in [-0.2, -0.15) is 9.97 Å². The standard InChI is InChI=1S/C33H30F4N6O/c1-2-21-26-18(10-24(35)27(21)36)9-20(38)12-22(26)29-28(37)30-23(14-39-29)31(43-8-3-5-17-11-25(17)43)41-32(40-30)44-16-33-6-4-7-42(33)15-19(34)13-33/h1,9-10,12,14,17,19,25H,3-8,11,13,15-16,38H2/t17-,19-,25+,33+/m1/s1/i16D2. The molecule has 3 aliphatic heterocycles. The van der Waals surface area contributed by atoms with Crippen LogP contribution in [0, 0.1) is 35.7 Å². The Bertz CT molecular complexity index is 1990. The highest BCUT2D eigenvalue weighted by Gasteiger charge is 2.50. The first-order chi connectivity index (χ1) is 22.0. The number of nitrogens with two attached hydrogens (primary N) is 1. The monoisotopic (exact) mass is 604 g/mol. The van der Waals surface area contributed by atoms with Gasteiger partial charge in [0.25, 0.3) is 0 Å². The lowest BCUT2D eigenvalue weighted by Crippen LogP contribution is -2.43. The van der Waals surface area contributed by atoms with Gasteiger partial charge in [0.05, 0.1) is 19.2 Å². The highest BCUT2D eigenvalue weighted by Crippen LogP contribution is 2.47. The van der Waals surface area contributed by atoms with Gasteiger partial charge >= 0.3 is 6.01 Å². The molecule has 8 rings (SSSR count). The van der Waals surface area contributed by atoms with Crippen LogP contribution < -0.4 is 15.4 Å². The summed E-state index contributed by atoms with van der Waals surface area (Å²) < 4.78 is 84.6. The average molecular weight is 605 g/mol. The van der Waals surface area contributed by atoms with Gasteiger partial charge in [0.1, 0.15) is 29.8 Å². The second-order valence-corrected chi connectivity index (χ2v) is 12.4. The normalized spacial score (nSPS) is 27.2. The largest absolute Gasteiger partial charge is 0.461 e. The van der Waals surface area contributed by atoms with Gasteiger partial charge in [-0.25, -0.2) is 17.6 Å². The van der Waals surface area contributed by atoms with Crippen molar-refractivity contribution in [2.45, 2.75) is 56.3 Å². The fraction of sp³-hybridized carbons (Fsp3) is 0.424. The van der Waals surface area contributed by atoms with Gasteiger partial charge in [0.2, 0.25) is 0 Å². The molecule has 2 aromatic carbocycles.